The van der Waals surface area contributed by atoms with Gasteiger partial charge in [-0.3, -0.25) is 0 Å². The Morgan fingerprint density at radius 1 is 1.47 bits per heavy atom. The minimum Gasteiger partial charge on any atom is -0.548 e. The second-order valence-electron chi connectivity index (χ2n) is 3.97. The van der Waals surface area contributed by atoms with Crippen molar-refractivity contribution in [2.24, 2.45) is 0 Å². The van der Waals surface area contributed by atoms with Crippen LogP contribution >= 0.6 is 11.8 Å². The van der Waals surface area contributed by atoms with Crippen LogP contribution in [0.2, 0.25) is 0 Å². The van der Waals surface area contributed by atoms with Gasteiger partial charge in [0.15, 0.2) is 0 Å². The molecule has 0 aromatic rings. The van der Waals surface area contributed by atoms with E-state index in [1.165, 1.54) is 11.8 Å². The van der Waals surface area contributed by atoms with Gasteiger partial charge in [0, 0.05) is 5.75 Å². The molecule has 15 heavy (non-hydrogen) atoms. The number of nitrogens with one attached hydrogen (secondary N) is 1. The third-order valence-electron chi connectivity index (χ3n) is 1.31. The van der Waals surface area contributed by atoms with Gasteiger partial charge in [-0.1, -0.05) is 0 Å². The van der Waals surface area contributed by atoms with E-state index in [0.717, 1.165) is 0 Å². The molecule has 1 atom stereocenters. The van der Waals surface area contributed by atoms with E-state index in [1.807, 2.05) is 0 Å². The van der Waals surface area contributed by atoms with Gasteiger partial charge in [0.1, 0.15) is 5.60 Å². The molecule has 1 N–H and O–H groups in total. The standard InChI is InChI=1S/C9H17NO4S/c1-9(2,3)14-8(13)10-6(5-15-4)7(11)12/h6H,5H2,1-4H3,(H,10,13)(H,11,12)/p-1/t6-/m0/s1. The van der Waals surface area contributed by atoms with Gasteiger partial charge in [0.25, 0.3) is 0 Å². The molecule has 0 saturated heterocycles. The number of alkyl carbamates (subject to hydrolysis) is 1. The summed E-state index contributed by atoms with van der Waals surface area (Å²) in [4.78, 5) is 21.8. The first-order chi connectivity index (χ1) is 6.76. The molecule has 0 aliphatic heterocycles. The van der Waals surface area contributed by atoms with Gasteiger partial charge in [-0.2, -0.15) is 11.8 Å². The number of hydrogen-bond donors (Lipinski definition) is 1. The SMILES string of the molecule is CSC[C@H](NC(=O)OC(C)(C)C)C(=O)[O-]. The Morgan fingerprint density at radius 3 is 2.33 bits per heavy atom. The third kappa shape index (κ3) is 7.07. The van der Waals surface area contributed by atoms with Crippen molar-refractivity contribution in [3.05, 3.63) is 0 Å². The molecule has 1 amide bonds. The Morgan fingerprint density at radius 2 is 2.00 bits per heavy atom. The number of ether oxygens (including phenoxy) is 1. The van der Waals surface area contributed by atoms with Crippen LogP contribution in [0.5, 0.6) is 0 Å². The molecule has 6 heteroatoms. The van der Waals surface area contributed by atoms with Crippen molar-refractivity contribution >= 4 is 23.8 Å². The predicted molar refractivity (Wildman–Crippen MR) is 56.5 cm³/mol. The fourth-order valence-electron chi connectivity index (χ4n) is 0.785. The minimum atomic E-state index is -1.31. The van der Waals surface area contributed by atoms with E-state index < -0.39 is 23.7 Å². The van der Waals surface area contributed by atoms with Crippen molar-refractivity contribution in [1.29, 1.82) is 0 Å². The third-order valence-corrected chi connectivity index (χ3v) is 1.98. The van der Waals surface area contributed by atoms with Crippen molar-refractivity contribution in [3.63, 3.8) is 0 Å². The van der Waals surface area contributed by atoms with Crippen molar-refractivity contribution in [2.45, 2.75) is 32.4 Å². The molecule has 0 fully saturated rings. The number of carboxylic acids is 1. The highest BCUT2D eigenvalue weighted by Crippen LogP contribution is 2.07. The Balaban J connectivity index is 4.18. The van der Waals surface area contributed by atoms with Crippen LogP contribution in [0.15, 0.2) is 0 Å². The molecule has 0 aromatic heterocycles. The molecular weight excluding hydrogens is 218 g/mol. The van der Waals surface area contributed by atoms with Crippen LogP contribution in [0.25, 0.3) is 0 Å². The summed E-state index contributed by atoms with van der Waals surface area (Å²) in [5.74, 6) is -1.06. The highest BCUT2D eigenvalue weighted by atomic mass is 32.2. The van der Waals surface area contributed by atoms with Crippen LogP contribution in [0.1, 0.15) is 20.8 Å². The second kappa shape index (κ2) is 5.85. The van der Waals surface area contributed by atoms with Crippen LogP contribution in [-0.4, -0.2) is 35.7 Å². The Labute approximate surface area is 93.6 Å². The highest BCUT2D eigenvalue weighted by molar-refractivity contribution is 7.98. The van der Waals surface area contributed by atoms with Gasteiger partial charge in [-0.05, 0) is 27.0 Å². The molecule has 0 rings (SSSR count). The molecule has 0 aromatic carbocycles. The lowest BCUT2D eigenvalue weighted by Gasteiger charge is -2.23. The van der Waals surface area contributed by atoms with E-state index in [-0.39, 0.29) is 5.75 Å². The second-order valence-corrected chi connectivity index (χ2v) is 4.88. The van der Waals surface area contributed by atoms with E-state index >= 15 is 0 Å². The molecule has 0 aliphatic rings. The molecule has 0 heterocycles. The number of carbonyl (C=O) groups excluding carboxylic acids is 2. The van der Waals surface area contributed by atoms with Gasteiger partial charge in [0.2, 0.25) is 0 Å². The summed E-state index contributed by atoms with van der Waals surface area (Å²) in [6.07, 6.45) is 0.998. The lowest BCUT2D eigenvalue weighted by molar-refractivity contribution is -0.307. The monoisotopic (exact) mass is 234 g/mol. The first-order valence-corrected chi connectivity index (χ1v) is 5.85. The lowest BCUT2D eigenvalue weighted by Crippen LogP contribution is -2.50. The maximum Gasteiger partial charge on any atom is 0.408 e. The van der Waals surface area contributed by atoms with Gasteiger partial charge >= 0.3 is 6.09 Å². The Kier molecular flexibility index (Phi) is 5.49. The first-order valence-electron chi connectivity index (χ1n) is 4.45. The molecule has 5 nitrogen and oxygen atoms in total. The fraction of sp³-hybridized carbons (Fsp3) is 0.778. The largest absolute Gasteiger partial charge is 0.548 e. The van der Waals surface area contributed by atoms with E-state index in [2.05, 4.69) is 5.32 Å². The average molecular weight is 234 g/mol. The van der Waals surface area contributed by atoms with Crippen LogP contribution in [-0.2, 0) is 9.53 Å². The smallest absolute Gasteiger partial charge is 0.408 e. The van der Waals surface area contributed by atoms with Gasteiger partial charge in [-0.15, -0.1) is 0 Å². The number of carboxylic acid groups (broad SMARTS) is 1. The maximum atomic E-state index is 11.2. The zero-order valence-corrected chi connectivity index (χ0v) is 10.1. The van der Waals surface area contributed by atoms with Crippen molar-refractivity contribution < 1.29 is 19.4 Å². The molecule has 0 unspecified atom stereocenters. The Bertz CT molecular complexity index is 237. The van der Waals surface area contributed by atoms with Gasteiger partial charge < -0.3 is 20.0 Å². The normalized spacial score (nSPS) is 13.1. The summed E-state index contributed by atoms with van der Waals surface area (Å²) >= 11 is 1.31. The topological polar surface area (TPSA) is 78.5 Å². The number of thioether (sulfide) groups is 1. The summed E-state index contributed by atoms with van der Waals surface area (Å²) in [5, 5.41) is 12.8. The van der Waals surface area contributed by atoms with Crippen LogP contribution in [0.4, 0.5) is 4.79 Å². The molecule has 0 saturated carbocycles. The summed E-state index contributed by atoms with van der Waals surface area (Å²) in [5.41, 5.74) is -0.639. The maximum absolute atomic E-state index is 11.2. The first kappa shape index (κ1) is 14.1. The van der Waals surface area contributed by atoms with Crippen molar-refractivity contribution in [2.75, 3.05) is 12.0 Å². The van der Waals surface area contributed by atoms with E-state index in [9.17, 15) is 14.7 Å². The fourth-order valence-corrected chi connectivity index (χ4v) is 1.34. The zero-order valence-electron chi connectivity index (χ0n) is 9.33. The number of amides is 1. The van der Waals surface area contributed by atoms with Gasteiger partial charge in [-0.25, -0.2) is 4.79 Å². The van der Waals surface area contributed by atoms with Gasteiger partial charge in [0.05, 0.1) is 12.0 Å². The zero-order chi connectivity index (χ0) is 12.1. The van der Waals surface area contributed by atoms with Crippen molar-refractivity contribution in [3.8, 4) is 0 Å². The van der Waals surface area contributed by atoms with Crippen LogP contribution in [0, 0.1) is 0 Å². The summed E-state index contributed by atoms with van der Waals surface area (Å²) in [6, 6.07) is -1.02. The lowest BCUT2D eigenvalue weighted by atomic mass is 10.2. The quantitative estimate of drug-likeness (QED) is 0.740. The van der Waals surface area contributed by atoms with Crippen LogP contribution in [0.3, 0.4) is 0 Å². The van der Waals surface area contributed by atoms with E-state index in [0.29, 0.717) is 0 Å². The highest BCUT2D eigenvalue weighted by Gasteiger charge is 2.19. The Hall–Kier alpha value is -0.910. The number of hydrogen-bond acceptors (Lipinski definition) is 5. The summed E-state index contributed by atoms with van der Waals surface area (Å²) < 4.78 is 4.91. The minimum absolute atomic E-state index is 0.252. The van der Waals surface area contributed by atoms with E-state index in [4.69, 9.17) is 4.74 Å². The predicted octanol–water partition coefficient (Wildman–Crippen LogP) is -0.00740. The van der Waals surface area contributed by atoms with Crippen LogP contribution < -0.4 is 10.4 Å². The average Bonchev–Trinajstić information content (AvgIpc) is 1.99. The summed E-state index contributed by atoms with van der Waals surface area (Å²) in [6.45, 7) is 5.11. The molecule has 0 bridgehead atoms. The molecule has 88 valence electrons. The molecule has 0 radical (unpaired) electrons. The molecule has 0 spiro atoms. The van der Waals surface area contributed by atoms with Crippen molar-refractivity contribution in [1.82, 2.24) is 5.32 Å². The molecular formula is C9H16NO4S-. The van der Waals surface area contributed by atoms with E-state index in [1.54, 1.807) is 27.0 Å². The number of aliphatic carboxylic acids is 1. The summed E-state index contributed by atoms with van der Waals surface area (Å²) in [7, 11) is 0. The molecule has 0 aliphatic carbocycles. The number of carbonyl (C=O) groups is 2. The number of rotatable bonds is 4.